The van der Waals surface area contributed by atoms with Crippen molar-refractivity contribution in [3.8, 4) is 11.4 Å². The van der Waals surface area contributed by atoms with Crippen LogP contribution in [0, 0.1) is 0 Å². The van der Waals surface area contributed by atoms with Crippen molar-refractivity contribution in [2.24, 2.45) is 0 Å². The van der Waals surface area contributed by atoms with E-state index in [4.69, 9.17) is 4.52 Å². The molecule has 1 atom stereocenters. The molecule has 1 aliphatic heterocycles. The largest absolute Gasteiger partial charge is 0.338 e. The summed E-state index contributed by atoms with van der Waals surface area (Å²) in [5.41, 5.74) is 2.52. The van der Waals surface area contributed by atoms with E-state index in [1.807, 2.05) is 18.2 Å². The highest BCUT2D eigenvalue weighted by Crippen LogP contribution is 2.30. The molecular formula is C15H15N5O. The molecule has 0 bridgehead atoms. The van der Waals surface area contributed by atoms with Crippen LogP contribution in [0.15, 0.2) is 35.1 Å². The lowest BCUT2D eigenvalue weighted by Gasteiger charge is -2.15. The predicted molar refractivity (Wildman–Crippen MR) is 77.7 cm³/mol. The van der Waals surface area contributed by atoms with Crippen LogP contribution in [-0.4, -0.2) is 33.2 Å². The maximum atomic E-state index is 5.48. The predicted octanol–water partition coefficient (Wildman–Crippen LogP) is 1.93. The number of hydrogen-bond acceptors (Lipinski definition) is 6. The zero-order valence-electron chi connectivity index (χ0n) is 11.7. The standard InChI is InChI=1S/C15H15N5O/c1-15(4-5-16-9-15)14-19-13(20-21-14)10-2-3-11-12(8-10)18-7-6-17-11/h2-3,6-8,16H,4-5,9H2,1H3. The lowest BCUT2D eigenvalue weighted by atomic mass is 9.90. The van der Waals surface area contributed by atoms with Gasteiger partial charge in [0.15, 0.2) is 0 Å². The summed E-state index contributed by atoms with van der Waals surface area (Å²) in [6, 6.07) is 5.81. The minimum absolute atomic E-state index is 0.0676. The van der Waals surface area contributed by atoms with Gasteiger partial charge in [-0.25, -0.2) is 0 Å². The van der Waals surface area contributed by atoms with Crippen LogP contribution in [0.1, 0.15) is 19.2 Å². The van der Waals surface area contributed by atoms with Crippen molar-refractivity contribution >= 4 is 11.0 Å². The first kappa shape index (κ1) is 12.4. The Kier molecular flexibility index (Phi) is 2.71. The molecule has 1 fully saturated rings. The third-order valence-corrected chi connectivity index (χ3v) is 4.04. The third-order valence-electron chi connectivity index (χ3n) is 4.04. The van der Waals surface area contributed by atoms with Crippen LogP contribution in [0.25, 0.3) is 22.4 Å². The molecule has 1 unspecified atom stereocenters. The van der Waals surface area contributed by atoms with E-state index in [9.17, 15) is 0 Å². The van der Waals surface area contributed by atoms with Gasteiger partial charge in [-0.15, -0.1) is 0 Å². The molecule has 0 amide bonds. The molecule has 1 aromatic carbocycles. The summed E-state index contributed by atoms with van der Waals surface area (Å²) in [4.78, 5) is 13.1. The molecule has 0 saturated carbocycles. The fourth-order valence-electron chi connectivity index (χ4n) is 2.69. The lowest BCUT2D eigenvalue weighted by Crippen LogP contribution is -2.25. The highest BCUT2D eigenvalue weighted by atomic mass is 16.5. The Bertz CT molecular complexity index is 791. The summed E-state index contributed by atoms with van der Waals surface area (Å²) >= 11 is 0. The number of benzene rings is 1. The number of rotatable bonds is 2. The normalized spacial score (nSPS) is 22.0. The molecule has 1 aliphatic rings. The first-order valence-electron chi connectivity index (χ1n) is 7.01. The highest BCUT2D eigenvalue weighted by Gasteiger charge is 2.36. The molecular weight excluding hydrogens is 266 g/mol. The van der Waals surface area contributed by atoms with Crippen molar-refractivity contribution in [1.29, 1.82) is 0 Å². The van der Waals surface area contributed by atoms with Gasteiger partial charge >= 0.3 is 0 Å². The van der Waals surface area contributed by atoms with E-state index in [0.29, 0.717) is 11.7 Å². The van der Waals surface area contributed by atoms with Crippen molar-refractivity contribution in [2.75, 3.05) is 13.1 Å². The summed E-state index contributed by atoms with van der Waals surface area (Å²) in [5.74, 6) is 1.30. The number of nitrogens with one attached hydrogen (secondary N) is 1. The quantitative estimate of drug-likeness (QED) is 0.773. The molecule has 0 aliphatic carbocycles. The van der Waals surface area contributed by atoms with E-state index in [0.717, 1.165) is 36.1 Å². The monoisotopic (exact) mass is 281 g/mol. The Hall–Kier alpha value is -2.34. The zero-order chi connectivity index (χ0) is 14.3. The maximum Gasteiger partial charge on any atom is 0.234 e. The minimum Gasteiger partial charge on any atom is -0.338 e. The van der Waals surface area contributed by atoms with E-state index in [2.05, 4.69) is 32.3 Å². The number of aromatic nitrogens is 4. The van der Waals surface area contributed by atoms with Crippen molar-refractivity contribution in [2.45, 2.75) is 18.8 Å². The molecule has 4 rings (SSSR count). The SMILES string of the molecule is CC1(c2nc(-c3ccc4nccnc4c3)no2)CCNC1. The number of fused-ring (bicyclic) bond motifs is 1. The Morgan fingerprint density at radius 3 is 2.86 bits per heavy atom. The molecule has 1 N–H and O–H groups in total. The average molecular weight is 281 g/mol. The molecule has 0 radical (unpaired) electrons. The molecule has 21 heavy (non-hydrogen) atoms. The van der Waals surface area contributed by atoms with Gasteiger partial charge in [0.1, 0.15) is 0 Å². The smallest absolute Gasteiger partial charge is 0.234 e. The van der Waals surface area contributed by atoms with Crippen LogP contribution in [-0.2, 0) is 5.41 Å². The van der Waals surface area contributed by atoms with E-state index in [-0.39, 0.29) is 5.41 Å². The first-order chi connectivity index (χ1) is 10.2. The maximum absolute atomic E-state index is 5.48. The Morgan fingerprint density at radius 2 is 2.05 bits per heavy atom. The van der Waals surface area contributed by atoms with Crippen LogP contribution in [0.2, 0.25) is 0 Å². The van der Waals surface area contributed by atoms with Gasteiger partial charge in [0.05, 0.1) is 16.4 Å². The Balaban J connectivity index is 1.73. The fourth-order valence-corrected chi connectivity index (χ4v) is 2.69. The van der Waals surface area contributed by atoms with Gasteiger partial charge in [-0.2, -0.15) is 4.98 Å². The van der Waals surface area contributed by atoms with Crippen molar-refractivity contribution in [3.63, 3.8) is 0 Å². The number of nitrogens with zero attached hydrogens (tertiary/aromatic N) is 4. The molecule has 1 saturated heterocycles. The van der Waals surface area contributed by atoms with Crippen LogP contribution < -0.4 is 5.32 Å². The highest BCUT2D eigenvalue weighted by molar-refractivity contribution is 5.79. The summed E-state index contributed by atoms with van der Waals surface area (Å²) in [5, 5.41) is 7.46. The number of hydrogen-bond donors (Lipinski definition) is 1. The molecule has 6 heteroatoms. The van der Waals surface area contributed by atoms with Crippen LogP contribution in [0.5, 0.6) is 0 Å². The average Bonchev–Trinajstić information content (AvgIpc) is 3.17. The van der Waals surface area contributed by atoms with E-state index in [1.54, 1.807) is 12.4 Å². The van der Waals surface area contributed by atoms with Crippen molar-refractivity contribution in [3.05, 3.63) is 36.5 Å². The molecule has 3 aromatic rings. The lowest BCUT2D eigenvalue weighted by molar-refractivity contribution is 0.306. The first-order valence-corrected chi connectivity index (χ1v) is 7.01. The molecule has 6 nitrogen and oxygen atoms in total. The van der Waals surface area contributed by atoms with Crippen LogP contribution >= 0.6 is 0 Å². The molecule has 3 heterocycles. The van der Waals surface area contributed by atoms with E-state index >= 15 is 0 Å². The zero-order valence-corrected chi connectivity index (χ0v) is 11.7. The van der Waals surface area contributed by atoms with Crippen molar-refractivity contribution in [1.82, 2.24) is 25.4 Å². The van der Waals surface area contributed by atoms with Gasteiger partial charge in [-0.1, -0.05) is 5.16 Å². The van der Waals surface area contributed by atoms with Gasteiger partial charge in [-0.3, -0.25) is 9.97 Å². The second-order valence-electron chi connectivity index (χ2n) is 5.67. The molecule has 2 aromatic heterocycles. The third kappa shape index (κ3) is 2.08. The van der Waals surface area contributed by atoms with Gasteiger partial charge in [-0.05, 0) is 38.1 Å². The fraction of sp³-hybridized carbons (Fsp3) is 0.333. The minimum atomic E-state index is -0.0676. The summed E-state index contributed by atoms with van der Waals surface area (Å²) in [7, 11) is 0. The summed E-state index contributed by atoms with van der Waals surface area (Å²) < 4.78 is 5.48. The van der Waals surface area contributed by atoms with E-state index < -0.39 is 0 Å². The molecule has 0 spiro atoms. The Morgan fingerprint density at radius 1 is 1.19 bits per heavy atom. The van der Waals surface area contributed by atoms with Gasteiger partial charge in [0.25, 0.3) is 0 Å². The second kappa shape index (κ2) is 4.60. The summed E-state index contributed by atoms with van der Waals surface area (Å²) in [6.45, 7) is 4.01. The second-order valence-corrected chi connectivity index (χ2v) is 5.67. The summed E-state index contributed by atoms with van der Waals surface area (Å²) in [6.07, 6.45) is 4.37. The topological polar surface area (TPSA) is 76.7 Å². The van der Waals surface area contributed by atoms with E-state index in [1.165, 1.54) is 0 Å². The van der Waals surface area contributed by atoms with Gasteiger partial charge in [0, 0.05) is 24.5 Å². The van der Waals surface area contributed by atoms with Gasteiger partial charge in [0.2, 0.25) is 11.7 Å². The van der Waals surface area contributed by atoms with Crippen LogP contribution in [0.4, 0.5) is 0 Å². The van der Waals surface area contributed by atoms with Crippen molar-refractivity contribution < 1.29 is 4.52 Å². The van der Waals surface area contributed by atoms with Crippen LogP contribution in [0.3, 0.4) is 0 Å². The van der Waals surface area contributed by atoms with Gasteiger partial charge < -0.3 is 9.84 Å². The Labute approximate surface area is 121 Å². The molecule has 106 valence electrons.